The molecule has 3 radical (unpaired) electrons. The highest BCUT2D eigenvalue weighted by atomic mass is 14.0. The first-order valence-electron chi connectivity index (χ1n) is 9.34. The van der Waals surface area contributed by atoms with Gasteiger partial charge in [-0.1, -0.05) is 116 Å². The Balaban J connectivity index is 2.99. The molecule has 0 bridgehead atoms. The Kier molecular flexibility index (Phi) is 17.3. The maximum atomic E-state index is 5.45. The molecule has 20 heavy (non-hydrogen) atoms. The lowest BCUT2D eigenvalue weighted by atomic mass is 9.51. The third-order valence-corrected chi connectivity index (χ3v) is 4.34. The minimum absolute atomic E-state index is 0.785. The third-order valence-electron chi connectivity index (χ3n) is 4.34. The second-order valence-electron chi connectivity index (χ2n) is 6.61. The van der Waals surface area contributed by atoms with Crippen molar-refractivity contribution < 1.29 is 0 Å². The Morgan fingerprint density at radius 3 is 1.50 bits per heavy atom. The molecule has 0 aromatic carbocycles. The molecule has 0 saturated carbocycles. The first-order chi connectivity index (χ1) is 9.81. The van der Waals surface area contributed by atoms with E-state index in [1.54, 1.807) is 0 Å². The van der Waals surface area contributed by atoms with Crippen molar-refractivity contribution in [2.24, 2.45) is 5.92 Å². The minimum Gasteiger partial charge on any atom is -0.0870 e. The molecule has 0 nitrogen and oxygen atoms in total. The summed E-state index contributed by atoms with van der Waals surface area (Å²) in [7, 11) is 7.26. The van der Waals surface area contributed by atoms with E-state index >= 15 is 0 Å². The molecule has 115 valence electrons. The van der Waals surface area contributed by atoms with Gasteiger partial charge in [0.05, 0.1) is 7.17 Å². The summed E-state index contributed by atoms with van der Waals surface area (Å²) in [6, 6.07) is 0. The molecule has 0 aromatic rings. The highest BCUT2D eigenvalue weighted by molar-refractivity contribution is 6.89. The average molecular weight is 275 g/mol. The van der Waals surface area contributed by atoms with Crippen LogP contribution in [0.15, 0.2) is 0 Å². The van der Waals surface area contributed by atoms with Crippen LogP contribution in [0.1, 0.15) is 104 Å². The van der Waals surface area contributed by atoms with Gasteiger partial charge in [-0.15, -0.1) is 0 Å². The third kappa shape index (κ3) is 16.2. The van der Waals surface area contributed by atoms with Gasteiger partial charge in [0.15, 0.2) is 0 Å². The molecule has 0 amide bonds. The van der Waals surface area contributed by atoms with Crippen LogP contribution in [0, 0.1) is 5.92 Å². The van der Waals surface area contributed by atoms with Crippen LogP contribution in [0.25, 0.3) is 0 Å². The van der Waals surface area contributed by atoms with Crippen molar-refractivity contribution in [3.63, 3.8) is 0 Å². The van der Waals surface area contributed by atoms with E-state index in [0.29, 0.717) is 0 Å². The van der Waals surface area contributed by atoms with Gasteiger partial charge in [0.25, 0.3) is 0 Å². The van der Waals surface area contributed by atoms with Gasteiger partial charge in [-0.05, 0) is 0 Å². The lowest BCUT2D eigenvalue weighted by molar-refractivity contribution is 0.503. The molecular weight excluding hydrogens is 238 g/mol. The van der Waals surface area contributed by atoms with E-state index in [1.807, 2.05) is 7.17 Å². The molecule has 0 heterocycles. The van der Waals surface area contributed by atoms with Crippen molar-refractivity contribution >= 4 is 14.9 Å². The quantitative estimate of drug-likeness (QED) is 0.229. The summed E-state index contributed by atoms with van der Waals surface area (Å²) in [5, 5.41) is 0. The van der Waals surface area contributed by atoms with Gasteiger partial charge in [-0.25, -0.2) is 0 Å². The Bertz CT molecular complexity index is 171. The van der Waals surface area contributed by atoms with Crippen LogP contribution in [0.2, 0.25) is 6.32 Å². The van der Waals surface area contributed by atoms with Gasteiger partial charge >= 0.3 is 0 Å². The van der Waals surface area contributed by atoms with Crippen molar-refractivity contribution in [1.82, 2.24) is 0 Å². The molecule has 2 heteroatoms. The Hall–Kier alpha value is 0.130. The van der Waals surface area contributed by atoms with Crippen molar-refractivity contribution in [3.8, 4) is 0 Å². The van der Waals surface area contributed by atoms with Crippen molar-refractivity contribution in [2.45, 2.75) is 110 Å². The maximum absolute atomic E-state index is 5.45. The standard InChI is InChI=1S/C18H37B2/c1-3-4-5-6-7-8-9-10-11-12-13-14-15-16-18(2)17-20-19/h18H,3-17H2,1-2H3. The van der Waals surface area contributed by atoms with E-state index in [9.17, 15) is 0 Å². The summed E-state index contributed by atoms with van der Waals surface area (Å²) >= 11 is 0. The van der Waals surface area contributed by atoms with Crippen LogP contribution < -0.4 is 0 Å². The summed E-state index contributed by atoms with van der Waals surface area (Å²) in [5.74, 6) is 0.785. The van der Waals surface area contributed by atoms with Crippen molar-refractivity contribution in [3.05, 3.63) is 0 Å². The van der Waals surface area contributed by atoms with Crippen LogP contribution in [-0.2, 0) is 0 Å². The van der Waals surface area contributed by atoms with Crippen LogP contribution >= 0.6 is 0 Å². The molecule has 0 rings (SSSR count). The van der Waals surface area contributed by atoms with Crippen LogP contribution in [0.4, 0.5) is 0 Å². The fourth-order valence-corrected chi connectivity index (χ4v) is 2.86. The van der Waals surface area contributed by atoms with E-state index in [0.717, 1.165) is 12.2 Å². The van der Waals surface area contributed by atoms with Crippen LogP contribution in [0.5, 0.6) is 0 Å². The molecule has 0 N–H and O–H groups in total. The predicted octanol–water partition coefficient (Wildman–Crippen LogP) is 6.31. The largest absolute Gasteiger partial charge is 0.0870 e. The zero-order chi connectivity index (χ0) is 14.9. The first kappa shape index (κ1) is 20.1. The molecule has 0 saturated heterocycles. The molecule has 0 aliphatic carbocycles. The van der Waals surface area contributed by atoms with Crippen LogP contribution in [-0.4, -0.2) is 14.9 Å². The summed E-state index contributed by atoms with van der Waals surface area (Å²) in [6.45, 7) is 4.60. The summed E-state index contributed by atoms with van der Waals surface area (Å²) < 4.78 is 0. The smallest absolute Gasteiger partial charge is 0.0548 e. The molecule has 0 aliphatic heterocycles. The van der Waals surface area contributed by atoms with E-state index in [2.05, 4.69) is 13.8 Å². The zero-order valence-electron chi connectivity index (χ0n) is 14.3. The van der Waals surface area contributed by atoms with Gasteiger partial charge < -0.3 is 0 Å². The topological polar surface area (TPSA) is 0 Å². The van der Waals surface area contributed by atoms with E-state index < -0.39 is 0 Å². The van der Waals surface area contributed by atoms with Crippen molar-refractivity contribution in [2.75, 3.05) is 0 Å². The molecule has 1 atom stereocenters. The normalized spacial score (nSPS) is 12.5. The van der Waals surface area contributed by atoms with E-state index in [4.69, 9.17) is 7.74 Å². The molecule has 0 fully saturated rings. The maximum Gasteiger partial charge on any atom is 0.0548 e. The monoisotopic (exact) mass is 275 g/mol. The average Bonchev–Trinajstić information content (AvgIpc) is 2.44. The lowest BCUT2D eigenvalue weighted by Gasteiger charge is -2.09. The SMILES string of the molecule is [B][B]CC(C)CCCCCCCCCCCCCCC. The highest BCUT2D eigenvalue weighted by Gasteiger charge is 2.00. The Morgan fingerprint density at radius 2 is 1.10 bits per heavy atom. The van der Waals surface area contributed by atoms with Crippen LogP contribution in [0.3, 0.4) is 0 Å². The number of rotatable bonds is 16. The van der Waals surface area contributed by atoms with Gasteiger partial charge in [0.2, 0.25) is 0 Å². The van der Waals surface area contributed by atoms with E-state index in [-0.39, 0.29) is 0 Å². The van der Waals surface area contributed by atoms with E-state index in [1.165, 1.54) is 89.9 Å². The molecular formula is C18H37B2. The minimum atomic E-state index is 0.785. The molecule has 0 aromatic heterocycles. The lowest BCUT2D eigenvalue weighted by Crippen LogP contribution is -1.99. The molecule has 1 unspecified atom stereocenters. The van der Waals surface area contributed by atoms with Gasteiger partial charge in [-0.2, -0.15) is 0 Å². The fourth-order valence-electron chi connectivity index (χ4n) is 2.86. The summed E-state index contributed by atoms with van der Waals surface area (Å²) in [6.07, 6.45) is 21.2. The Morgan fingerprint density at radius 1 is 0.700 bits per heavy atom. The summed E-state index contributed by atoms with van der Waals surface area (Å²) in [5.41, 5.74) is 0. The second kappa shape index (κ2) is 17.2. The van der Waals surface area contributed by atoms with Gasteiger partial charge in [-0.3, -0.25) is 0 Å². The number of hydrogen-bond donors (Lipinski definition) is 0. The number of hydrogen-bond acceptors (Lipinski definition) is 0. The van der Waals surface area contributed by atoms with Gasteiger partial charge in [0.1, 0.15) is 0 Å². The molecule has 0 aliphatic rings. The first-order valence-corrected chi connectivity index (χ1v) is 9.34. The highest BCUT2D eigenvalue weighted by Crippen LogP contribution is 2.15. The summed E-state index contributed by atoms with van der Waals surface area (Å²) in [4.78, 5) is 0. The van der Waals surface area contributed by atoms with Gasteiger partial charge in [0, 0.05) is 7.74 Å². The van der Waals surface area contributed by atoms with Crippen molar-refractivity contribution in [1.29, 1.82) is 0 Å². The second-order valence-corrected chi connectivity index (χ2v) is 6.61. The predicted molar refractivity (Wildman–Crippen MR) is 95.8 cm³/mol. The fraction of sp³-hybridized carbons (Fsp3) is 1.00. The zero-order valence-corrected chi connectivity index (χ0v) is 14.3. The number of unbranched alkanes of at least 4 members (excludes halogenated alkanes) is 12. The molecule has 0 spiro atoms. The Labute approximate surface area is 131 Å².